The standard InChI is InChI=1S/C10H16N2OS2/c13-15-5-2-9(3-6-15)11-4-1-10-7-14-8-12-10/h7-9,11H,1-6H2. The molecule has 1 aromatic heterocycles. The highest BCUT2D eigenvalue weighted by Crippen LogP contribution is 2.09. The topological polar surface area (TPSA) is 42.0 Å². The lowest BCUT2D eigenvalue weighted by Gasteiger charge is -2.22. The van der Waals surface area contributed by atoms with Gasteiger partial charge in [0.05, 0.1) is 11.2 Å². The number of aromatic nitrogens is 1. The van der Waals surface area contributed by atoms with Crippen LogP contribution in [0.2, 0.25) is 0 Å². The molecule has 1 aliphatic heterocycles. The van der Waals surface area contributed by atoms with Gasteiger partial charge in [-0.1, -0.05) is 0 Å². The highest BCUT2D eigenvalue weighted by Gasteiger charge is 2.16. The Hall–Kier alpha value is -0.260. The molecule has 0 radical (unpaired) electrons. The van der Waals surface area contributed by atoms with E-state index in [0.29, 0.717) is 6.04 Å². The molecule has 0 bridgehead atoms. The summed E-state index contributed by atoms with van der Waals surface area (Å²) in [6, 6.07) is 0.571. The summed E-state index contributed by atoms with van der Waals surface area (Å²) >= 11 is 1.65. The Balaban J connectivity index is 1.64. The van der Waals surface area contributed by atoms with Crippen molar-refractivity contribution in [3.05, 3.63) is 16.6 Å². The van der Waals surface area contributed by atoms with E-state index in [4.69, 9.17) is 0 Å². The summed E-state index contributed by atoms with van der Waals surface area (Å²) in [7, 11) is -0.547. The van der Waals surface area contributed by atoms with E-state index in [1.54, 1.807) is 11.3 Å². The van der Waals surface area contributed by atoms with E-state index >= 15 is 0 Å². The van der Waals surface area contributed by atoms with E-state index in [0.717, 1.165) is 37.3 Å². The molecule has 2 heterocycles. The van der Waals surface area contributed by atoms with Crippen molar-refractivity contribution >= 4 is 22.1 Å². The Morgan fingerprint density at radius 3 is 3.00 bits per heavy atom. The van der Waals surface area contributed by atoms with Crippen molar-refractivity contribution in [2.24, 2.45) is 0 Å². The smallest absolute Gasteiger partial charge is 0.0794 e. The van der Waals surface area contributed by atoms with E-state index in [2.05, 4.69) is 15.7 Å². The number of hydrogen-bond acceptors (Lipinski definition) is 4. The largest absolute Gasteiger partial charge is 0.314 e. The fourth-order valence-electron chi connectivity index (χ4n) is 1.76. The third-order valence-corrected chi connectivity index (χ3v) is 4.70. The van der Waals surface area contributed by atoms with Gasteiger partial charge in [0.2, 0.25) is 0 Å². The Bertz CT molecular complexity index is 303. The minimum Gasteiger partial charge on any atom is -0.314 e. The average Bonchev–Trinajstić information content (AvgIpc) is 2.74. The Kier molecular flexibility index (Phi) is 4.29. The third kappa shape index (κ3) is 3.66. The van der Waals surface area contributed by atoms with Crippen LogP contribution < -0.4 is 5.32 Å². The molecule has 1 saturated heterocycles. The quantitative estimate of drug-likeness (QED) is 0.865. The van der Waals surface area contributed by atoms with Gasteiger partial charge < -0.3 is 5.32 Å². The summed E-state index contributed by atoms with van der Waals surface area (Å²) in [5, 5.41) is 5.61. The molecule has 0 saturated carbocycles. The fraction of sp³-hybridized carbons (Fsp3) is 0.700. The molecular formula is C10H16N2OS2. The molecule has 1 aromatic rings. The lowest BCUT2D eigenvalue weighted by molar-refractivity contribution is 0.478. The zero-order chi connectivity index (χ0) is 10.5. The summed E-state index contributed by atoms with van der Waals surface area (Å²) < 4.78 is 11.1. The number of hydrogen-bond donors (Lipinski definition) is 1. The molecule has 3 nitrogen and oxygen atoms in total. The van der Waals surface area contributed by atoms with E-state index < -0.39 is 10.8 Å². The van der Waals surface area contributed by atoms with Crippen molar-refractivity contribution in [1.29, 1.82) is 0 Å². The van der Waals surface area contributed by atoms with E-state index in [-0.39, 0.29) is 0 Å². The summed E-state index contributed by atoms with van der Waals surface area (Å²) in [6.07, 6.45) is 3.12. The molecule has 2 rings (SSSR count). The van der Waals surface area contributed by atoms with Gasteiger partial charge in [-0.25, -0.2) is 4.98 Å². The van der Waals surface area contributed by atoms with Crippen LogP contribution in [0.4, 0.5) is 0 Å². The first kappa shape index (κ1) is 11.2. The molecular weight excluding hydrogens is 228 g/mol. The molecule has 5 heteroatoms. The molecule has 84 valence electrons. The van der Waals surface area contributed by atoms with Crippen molar-refractivity contribution < 1.29 is 4.21 Å². The lowest BCUT2D eigenvalue weighted by Crippen LogP contribution is -2.36. The maximum absolute atomic E-state index is 11.1. The van der Waals surface area contributed by atoms with Crippen LogP contribution in [0.5, 0.6) is 0 Å². The minimum atomic E-state index is -0.547. The zero-order valence-electron chi connectivity index (χ0n) is 8.65. The molecule has 15 heavy (non-hydrogen) atoms. The van der Waals surface area contributed by atoms with Gasteiger partial charge in [0.25, 0.3) is 0 Å². The van der Waals surface area contributed by atoms with Crippen LogP contribution in [-0.4, -0.2) is 33.3 Å². The molecule has 1 fully saturated rings. The highest BCUT2D eigenvalue weighted by molar-refractivity contribution is 7.85. The van der Waals surface area contributed by atoms with E-state index in [1.807, 2.05) is 5.51 Å². The second-order valence-electron chi connectivity index (χ2n) is 3.81. The summed E-state index contributed by atoms with van der Waals surface area (Å²) in [6.45, 7) is 0.987. The van der Waals surface area contributed by atoms with Gasteiger partial charge in [-0.05, 0) is 12.8 Å². The first-order valence-corrected chi connectivity index (χ1v) is 7.73. The third-order valence-electron chi connectivity index (χ3n) is 2.69. The number of thiazole rings is 1. The number of nitrogens with one attached hydrogen (secondary N) is 1. The Morgan fingerprint density at radius 2 is 2.33 bits per heavy atom. The van der Waals surface area contributed by atoms with Crippen LogP contribution in [0.3, 0.4) is 0 Å². The van der Waals surface area contributed by atoms with Gasteiger partial charge in [0.15, 0.2) is 0 Å². The average molecular weight is 244 g/mol. The SMILES string of the molecule is O=S1CCC(NCCc2cscn2)CC1. The zero-order valence-corrected chi connectivity index (χ0v) is 10.3. The Labute approximate surface area is 96.8 Å². The molecule has 0 aliphatic carbocycles. The Morgan fingerprint density at radius 1 is 1.53 bits per heavy atom. The summed E-state index contributed by atoms with van der Waals surface area (Å²) in [5.41, 5.74) is 3.05. The van der Waals surface area contributed by atoms with Gasteiger partial charge in [0.1, 0.15) is 0 Å². The molecule has 0 amide bonds. The van der Waals surface area contributed by atoms with Crippen LogP contribution >= 0.6 is 11.3 Å². The van der Waals surface area contributed by atoms with Gasteiger partial charge >= 0.3 is 0 Å². The van der Waals surface area contributed by atoms with Crippen LogP contribution in [0.15, 0.2) is 10.9 Å². The van der Waals surface area contributed by atoms with Crippen LogP contribution in [0.1, 0.15) is 18.5 Å². The first-order valence-electron chi connectivity index (χ1n) is 5.30. The number of rotatable bonds is 4. The highest BCUT2D eigenvalue weighted by atomic mass is 32.2. The summed E-state index contributed by atoms with van der Waals surface area (Å²) in [4.78, 5) is 4.24. The first-order chi connectivity index (χ1) is 7.34. The van der Waals surface area contributed by atoms with Gasteiger partial charge in [0, 0.05) is 46.7 Å². The van der Waals surface area contributed by atoms with Crippen molar-refractivity contribution in [2.45, 2.75) is 25.3 Å². The monoisotopic (exact) mass is 244 g/mol. The normalized spacial score (nSPS) is 26.7. The molecule has 0 unspecified atom stereocenters. The molecule has 0 spiro atoms. The van der Waals surface area contributed by atoms with Gasteiger partial charge in [-0.2, -0.15) is 0 Å². The predicted octanol–water partition coefficient (Wildman–Crippen LogP) is 1.19. The molecule has 0 aromatic carbocycles. The minimum absolute atomic E-state index is 0.547. The lowest BCUT2D eigenvalue weighted by atomic mass is 10.1. The molecule has 1 aliphatic rings. The summed E-state index contributed by atoms with van der Waals surface area (Å²) in [5.74, 6) is 1.74. The van der Waals surface area contributed by atoms with Crippen LogP contribution in [0.25, 0.3) is 0 Å². The van der Waals surface area contributed by atoms with Crippen molar-refractivity contribution in [2.75, 3.05) is 18.1 Å². The molecule has 0 atom stereocenters. The van der Waals surface area contributed by atoms with E-state index in [9.17, 15) is 4.21 Å². The van der Waals surface area contributed by atoms with E-state index in [1.165, 1.54) is 5.69 Å². The van der Waals surface area contributed by atoms with Crippen LogP contribution in [0, 0.1) is 0 Å². The molecule has 1 N–H and O–H groups in total. The second-order valence-corrected chi connectivity index (χ2v) is 6.22. The maximum Gasteiger partial charge on any atom is 0.0794 e. The van der Waals surface area contributed by atoms with Gasteiger partial charge in [-0.3, -0.25) is 4.21 Å². The van der Waals surface area contributed by atoms with Gasteiger partial charge in [-0.15, -0.1) is 11.3 Å². The second kappa shape index (κ2) is 5.72. The number of nitrogens with zero attached hydrogens (tertiary/aromatic N) is 1. The van der Waals surface area contributed by atoms with Crippen molar-refractivity contribution in [3.63, 3.8) is 0 Å². The fourth-order valence-corrected chi connectivity index (χ4v) is 3.66. The van der Waals surface area contributed by atoms with Crippen molar-refractivity contribution in [3.8, 4) is 0 Å². The van der Waals surface area contributed by atoms with Crippen molar-refractivity contribution in [1.82, 2.24) is 10.3 Å². The maximum atomic E-state index is 11.1. The van der Waals surface area contributed by atoms with Crippen LogP contribution in [-0.2, 0) is 17.2 Å². The predicted molar refractivity (Wildman–Crippen MR) is 64.7 cm³/mol.